The van der Waals surface area contributed by atoms with Gasteiger partial charge >= 0.3 is 13.8 Å². The van der Waals surface area contributed by atoms with Gasteiger partial charge < -0.3 is 5.11 Å². The molecule has 0 heterocycles. The molecule has 0 fully saturated rings. The molecule has 0 unspecified atom stereocenters. The number of hydrogen-bond donors (Lipinski definition) is 1. The molecule has 0 saturated carbocycles. The maximum atomic E-state index is 12.2. The zero-order valence-corrected chi connectivity index (χ0v) is 15.9. The Labute approximate surface area is 140 Å². The quantitative estimate of drug-likeness (QED) is 0.279. The van der Waals surface area contributed by atoms with Crippen molar-refractivity contribution >= 4 is 13.8 Å². The molecule has 0 aliphatic rings. The number of carboxylic acids is 1. The average molecular weight is 352 g/mol. The van der Waals surface area contributed by atoms with Crippen molar-refractivity contribution in [2.75, 3.05) is 19.8 Å². The molecule has 7 heteroatoms. The molecule has 0 aromatic heterocycles. The Balaban J connectivity index is 0. The largest absolute Gasteiger partial charge is 0.478 e. The number of hydrogen-bond acceptors (Lipinski definition) is 5. The zero-order chi connectivity index (χ0) is 18.1. The molecule has 0 rings (SSSR count). The molecule has 0 aromatic rings. The molecule has 6 nitrogen and oxygen atoms in total. The summed E-state index contributed by atoms with van der Waals surface area (Å²) >= 11 is 0. The molecule has 1 N–H and O–H groups in total. The van der Waals surface area contributed by atoms with E-state index in [-0.39, 0.29) is 5.57 Å². The number of phosphoric ester groups is 1. The molecule has 0 aliphatic carbocycles. The van der Waals surface area contributed by atoms with E-state index in [2.05, 4.69) is 27.4 Å². The highest BCUT2D eigenvalue weighted by Gasteiger charge is 2.25. The highest BCUT2D eigenvalue weighted by Crippen LogP contribution is 2.49. The third-order valence-electron chi connectivity index (χ3n) is 2.61. The van der Waals surface area contributed by atoms with Crippen LogP contribution in [0.3, 0.4) is 0 Å². The van der Waals surface area contributed by atoms with Crippen molar-refractivity contribution in [1.29, 1.82) is 0 Å². The van der Waals surface area contributed by atoms with Gasteiger partial charge in [0.15, 0.2) is 0 Å². The van der Waals surface area contributed by atoms with Crippen LogP contribution in [0.5, 0.6) is 0 Å². The van der Waals surface area contributed by atoms with Gasteiger partial charge in [0, 0.05) is 5.57 Å². The maximum absolute atomic E-state index is 12.2. The molecule has 0 saturated heterocycles. The minimum atomic E-state index is -3.31. The van der Waals surface area contributed by atoms with Crippen molar-refractivity contribution in [2.45, 2.75) is 66.2 Å². The fourth-order valence-electron chi connectivity index (χ4n) is 1.07. The van der Waals surface area contributed by atoms with Gasteiger partial charge in [-0.3, -0.25) is 13.6 Å². The van der Waals surface area contributed by atoms with Crippen LogP contribution in [0.1, 0.15) is 66.2 Å². The van der Waals surface area contributed by atoms with Crippen LogP contribution in [0.4, 0.5) is 0 Å². The van der Waals surface area contributed by atoms with Gasteiger partial charge in [-0.25, -0.2) is 9.36 Å². The van der Waals surface area contributed by atoms with Crippen LogP contribution in [-0.4, -0.2) is 30.9 Å². The van der Waals surface area contributed by atoms with E-state index in [1.165, 1.54) is 6.92 Å². The van der Waals surface area contributed by atoms with Crippen LogP contribution >= 0.6 is 7.82 Å². The van der Waals surface area contributed by atoms with Crippen molar-refractivity contribution in [3.63, 3.8) is 0 Å². The number of unbranched alkanes of at least 4 members (excludes halogenated alkanes) is 3. The van der Waals surface area contributed by atoms with Gasteiger partial charge in [0.25, 0.3) is 0 Å². The lowest BCUT2D eigenvalue weighted by Crippen LogP contribution is -2.03. The molecule has 0 atom stereocenters. The Morgan fingerprint density at radius 3 is 1.35 bits per heavy atom. The number of aliphatic carboxylic acids is 1. The highest BCUT2D eigenvalue weighted by atomic mass is 31.2. The van der Waals surface area contributed by atoms with E-state index in [9.17, 15) is 9.36 Å². The Hall–Kier alpha value is -0.680. The lowest BCUT2D eigenvalue weighted by Gasteiger charge is -2.17. The maximum Gasteiger partial charge on any atom is 0.474 e. The summed E-state index contributed by atoms with van der Waals surface area (Å²) in [4.78, 5) is 9.60. The summed E-state index contributed by atoms with van der Waals surface area (Å²) in [5.41, 5.74) is 0.176. The van der Waals surface area contributed by atoms with Crippen molar-refractivity contribution < 1.29 is 28.0 Å². The standard InChI is InChI=1S/C12H27O4P.C4H6O2/c1-4-7-10-14-17(13,15-11-8-5-2)16-12-9-6-3;1-3(2)4(5)6/h4-12H2,1-3H3;1H2,2H3,(H,5,6). The smallest absolute Gasteiger partial charge is 0.474 e. The molecule has 0 bridgehead atoms. The minimum absolute atomic E-state index is 0.176. The molecular formula is C16H33O6P. The van der Waals surface area contributed by atoms with E-state index in [1.807, 2.05) is 0 Å². The van der Waals surface area contributed by atoms with Crippen molar-refractivity contribution in [1.82, 2.24) is 0 Å². The molecule has 0 aliphatic heterocycles. The third kappa shape index (κ3) is 17.5. The fourth-order valence-corrected chi connectivity index (χ4v) is 2.36. The Morgan fingerprint density at radius 2 is 1.17 bits per heavy atom. The van der Waals surface area contributed by atoms with Gasteiger partial charge in [-0.1, -0.05) is 46.6 Å². The van der Waals surface area contributed by atoms with Gasteiger partial charge in [-0.05, 0) is 26.2 Å². The van der Waals surface area contributed by atoms with Crippen molar-refractivity contribution in [2.24, 2.45) is 0 Å². The first-order valence-electron chi connectivity index (χ1n) is 8.25. The van der Waals surface area contributed by atoms with E-state index in [4.69, 9.17) is 18.7 Å². The Morgan fingerprint density at radius 1 is 0.913 bits per heavy atom. The van der Waals surface area contributed by atoms with Gasteiger partial charge in [0.05, 0.1) is 19.8 Å². The third-order valence-corrected chi connectivity index (χ3v) is 4.10. The summed E-state index contributed by atoms with van der Waals surface area (Å²) in [6, 6.07) is 0. The number of carboxylic acid groups (broad SMARTS) is 1. The summed E-state index contributed by atoms with van der Waals surface area (Å²) < 4.78 is 28.0. The number of phosphoric acid groups is 1. The lowest BCUT2D eigenvalue weighted by atomic mass is 10.4. The summed E-state index contributed by atoms with van der Waals surface area (Å²) in [5, 5.41) is 7.89. The normalized spacial score (nSPS) is 10.8. The Bertz CT molecular complexity index is 311. The first-order valence-corrected chi connectivity index (χ1v) is 9.71. The molecule has 138 valence electrons. The predicted octanol–water partition coefficient (Wildman–Crippen LogP) is 5.19. The van der Waals surface area contributed by atoms with E-state index >= 15 is 0 Å². The Kier molecular flexibility index (Phi) is 17.3. The highest BCUT2D eigenvalue weighted by molar-refractivity contribution is 7.48. The van der Waals surface area contributed by atoms with Gasteiger partial charge in [-0.15, -0.1) is 0 Å². The fraction of sp³-hybridized carbons (Fsp3) is 0.812. The SMILES string of the molecule is C=C(C)C(=O)O.CCCCOP(=O)(OCCCC)OCCCC. The van der Waals surface area contributed by atoms with Crippen molar-refractivity contribution in [3.05, 3.63) is 12.2 Å². The molecule has 0 spiro atoms. The lowest BCUT2D eigenvalue weighted by molar-refractivity contribution is -0.132. The summed E-state index contributed by atoms with van der Waals surface area (Å²) in [6.45, 7) is 12.1. The van der Waals surface area contributed by atoms with Crippen LogP contribution in [0.2, 0.25) is 0 Å². The molecule has 0 radical (unpaired) electrons. The second-order valence-electron chi connectivity index (χ2n) is 5.09. The topological polar surface area (TPSA) is 82.1 Å². The minimum Gasteiger partial charge on any atom is -0.478 e. The van der Waals surface area contributed by atoms with Crippen molar-refractivity contribution in [3.8, 4) is 0 Å². The predicted molar refractivity (Wildman–Crippen MR) is 92.6 cm³/mol. The average Bonchev–Trinajstić information content (AvgIpc) is 2.49. The van der Waals surface area contributed by atoms with E-state index in [0.717, 1.165) is 38.5 Å². The molecular weight excluding hydrogens is 319 g/mol. The van der Waals surface area contributed by atoms with Gasteiger partial charge in [-0.2, -0.15) is 0 Å². The van der Waals surface area contributed by atoms with Gasteiger partial charge in [0.1, 0.15) is 0 Å². The first kappa shape index (κ1) is 24.6. The van der Waals surface area contributed by atoms with E-state index in [1.54, 1.807) is 0 Å². The number of rotatable bonds is 13. The van der Waals surface area contributed by atoms with Gasteiger partial charge in [0.2, 0.25) is 0 Å². The summed E-state index contributed by atoms with van der Waals surface area (Å²) in [5.74, 6) is -0.935. The molecule has 0 amide bonds. The summed E-state index contributed by atoms with van der Waals surface area (Å²) in [7, 11) is -3.31. The van der Waals surface area contributed by atoms with E-state index in [0.29, 0.717) is 19.8 Å². The summed E-state index contributed by atoms with van der Waals surface area (Å²) in [6.07, 6.45) is 5.63. The second kappa shape index (κ2) is 16.2. The van der Waals surface area contributed by atoms with Crippen LogP contribution < -0.4 is 0 Å². The second-order valence-corrected chi connectivity index (χ2v) is 6.76. The zero-order valence-electron chi connectivity index (χ0n) is 15.0. The van der Waals surface area contributed by atoms with E-state index < -0.39 is 13.8 Å². The molecule has 23 heavy (non-hydrogen) atoms. The molecule has 0 aromatic carbocycles. The monoisotopic (exact) mass is 352 g/mol. The van der Waals surface area contributed by atoms with Crippen LogP contribution in [0, 0.1) is 0 Å². The van der Waals surface area contributed by atoms with Crippen LogP contribution in [-0.2, 0) is 22.9 Å². The first-order chi connectivity index (χ1) is 10.8. The van der Waals surface area contributed by atoms with Crippen LogP contribution in [0.25, 0.3) is 0 Å². The number of carbonyl (C=O) groups is 1. The van der Waals surface area contributed by atoms with Crippen LogP contribution in [0.15, 0.2) is 12.2 Å².